The average molecular weight is 270 g/mol. The Morgan fingerprint density at radius 2 is 1.89 bits per heavy atom. The maximum Gasteiger partial charge on any atom is 0.311 e. The minimum atomic E-state index is -0.887. The predicted molar refractivity (Wildman–Crippen MR) is 65.6 cm³/mol. The SMILES string of the molecule is C[C@@H]1CC[C@H]2[C@@H](C)C(=O)O[C@@H]3OC(C)(C)OO[C@@]32C1. The molecule has 19 heavy (non-hydrogen) atoms. The third-order valence-corrected chi connectivity index (χ3v) is 4.65. The van der Waals surface area contributed by atoms with Crippen molar-refractivity contribution in [2.45, 2.75) is 64.6 Å². The summed E-state index contributed by atoms with van der Waals surface area (Å²) >= 11 is 0. The van der Waals surface area contributed by atoms with Crippen LogP contribution in [0.4, 0.5) is 0 Å². The highest BCUT2D eigenvalue weighted by Gasteiger charge is 2.63. The van der Waals surface area contributed by atoms with Gasteiger partial charge in [-0.05, 0) is 32.6 Å². The molecule has 2 heterocycles. The molecule has 3 rings (SSSR count). The molecule has 2 aliphatic heterocycles. The molecule has 0 amide bonds. The lowest BCUT2D eigenvalue weighted by Crippen LogP contribution is -2.67. The van der Waals surface area contributed by atoms with E-state index in [1.54, 1.807) is 13.8 Å². The predicted octanol–water partition coefficient (Wildman–Crippen LogP) is 2.39. The van der Waals surface area contributed by atoms with Crippen LogP contribution < -0.4 is 0 Å². The van der Waals surface area contributed by atoms with Crippen molar-refractivity contribution in [3.05, 3.63) is 0 Å². The maximum atomic E-state index is 12.0. The molecule has 5 nitrogen and oxygen atoms in total. The Bertz CT molecular complexity index is 393. The molecule has 108 valence electrons. The van der Waals surface area contributed by atoms with Gasteiger partial charge in [0.25, 0.3) is 0 Å². The molecule has 0 aromatic heterocycles. The van der Waals surface area contributed by atoms with Crippen molar-refractivity contribution >= 4 is 5.97 Å². The van der Waals surface area contributed by atoms with Crippen molar-refractivity contribution < 1.29 is 24.0 Å². The molecule has 3 fully saturated rings. The lowest BCUT2D eigenvalue weighted by atomic mass is 9.65. The van der Waals surface area contributed by atoms with Gasteiger partial charge in [-0.1, -0.05) is 20.3 Å². The van der Waals surface area contributed by atoms with Crippen molar-refractivity contribution in [2.24, 2.45) is 17.8 Å². The fourth-order valence-electron chi connectivity index (χ4n) is 3.64. The van der Waals surface area contributed by atoms with Gasteiger partial charge in [0.1, 0.15) is 0 Å². The van der Waals surface area contributed by atoms with Crippen LogP contribution in [0.5, 0.6) is 0 Å². The Balaban J connectivity index is 1.95. The maximum absolute atomic E-state index is 12.0. The molecule has 3 aliphatic rings. The van der Waals surface area contributed by atoms with Crippen molar-refractivity contribution in [3.63, 3.8) is 0 Å². The molecule has 0 aromatic rings. The molecule has 0 unspecified atom stereocenters. The van der Waals surface area contributed by atoms with E-state index in [1.807, 2.05) is 6.92 Å². The summed E-state index contributed by atoms with van der Waals surface area (Å²) in [6.45, 7) is 7.61. The van der Waals surface area contributed by atoms with Crippen LogP contribution in [0, 0.1) is 17.8 Å². The van der Waals surface area contributed by atoms with Gasteiger partial charge in [-0.15, -0.1) is 0 Å². The van der Waals surface area contributed by atoms with Crippen LogP contribution in [0.2, 0.25) is 0 Å². The number of ether oxygens (including phenoxy) is 2. The summed E-state index contributed by atoms with van der Waals surface area (Å²) in [6, 6.07) is 0. The van der Waals surface area contributed by atoms with E-state index in [1.165, 1.54) is 0 Å². The molecule has 0 bridgehead atoms. The van der Waals surface area contributed by atoms with E-state index in [0.717, 1.165) is 19.3 Å². The van der Waals surface area contributed by atoms with Gasteiger partial charge in [0.05, 0.1) is 5.92 Å². The molecular formula is C14H22O5. The molecule has 2 saturated heterocycles. The summed E-state index contributed by atoms with van der Waals surface area (Å²) in [6.07, 6.45) is 2.19. The van der Waals surface area contributed by atoms with Gasteiger partial charge in [-0.3, -0.25) is 4.79 Å². The molecular weight excluding hydrogens is 248 g/mol. The average Bonchev–Trinajstić information content (AvgIpc) is 2.32. The Morgan fingerprint density at radius 3 is 2.63 bits per heavy atom. The Hall–Kier alpha value is -0.650. The van der Waals surface area contributed by atoms with Gasteiger partial charge in [0.2, 0.25) is 6.29 Å². The van der Waals surface area contributed by atoms with Crippen molar-refractivity contribution in [1.82, 2.24) is 0 Å². The Morgan fingerprint density at radius 1 is 1.16 bits per heavy atom. The van der Waals surface area contributed by atoms with Crippen LogP contribution in [-0.2, 0) is 24.0 Å². The fourth-order valence-corrected chi connectivity index (χ4v) is 3.64. The first kappa shape index (κ1) is 13.3. The zero-order valence-corrected chi connectivity index (χ0v) is 12.0. The van der Waals surface area contributed by atoms with Gasteiger partial charge in [-0.2, -0.15) is 0 Å². The number of hydrogen-bond acceptors (Lipinski definition) is 5. The molecule has 0 aromatic carbocycles. The lowest BCUT2D eigenvalue weighted by molar-refractivity contribution is -0.558. The second-order valence-electron chi connectivity index (χ2n) is 6.69. The Kier molecular flexibility index (Phi) is 2.93. The molecule has 1 aliphatic carbocycles. The summed E-state index contributed by atoms with van der Waals surface area (Å²) in [4.78, 5) is 23.2. The van der Waals surface area contributed by atoms with E-state index in [-0.39, 0.29) is 17.8 Å². The third-order valence-electron chi connectivity index (χ3n) is 4.65. The normalized spacial score (nSPS) is 48.9. The van der Waals surface area contributed by atoms with E-state index >= 15 is 0 Å². The number of hydrogen-bond donors (Lipinski definition) is 0. The Labute approximate surface area is 113 Å². The van der Waals surface area contributed by atoms with Crippen molar-refractivity contribution in [2.75, 3.05) is 0 Å². The number of carbonyl (C=O) groups excluding carboxylic acids is 1. The second kappa shape index (κ2) is 4.17. The molecule has 0 radical (unpaired) electrons. The number of rotatable bonds is 0. The standard InChI is InChI=1S/C14H22O5/c1-8-5-6-10-9(2)11(15)16-12-14(10,7-8)19-18-13(3,4)17-12/h8-10,12H,5-7H2,1-4H3/t8-,9-,10+,12-,14-/m1/s1. The van der Waals surface area contributed by atoms with Crippen LogP contribution in [-0.4, -0.2) is 23.6 Å². The summed E-state index contributed by atoms with van der Waals surface area (Å²) in [5.74, 6) is -0.636. The van der Waals surface area contributed by atoms with Crippen LogP contribution in [0.1, 0.15) is 47.0 Å². The summed E-state index contributed by atoms with van der Waals surface area (Å²) in [7, 11) is 0. The van der Waals surface area contributed by atoms with Crippen LogP contribution >= 0.6 is 0 Å². The smallest absolute Gasteiger partial charge is 0.311 e. The number of esters is 1. The monoisotopic (exact) mass is 270 g/mol. The number of carbonyl (C=O) groups is 1. The first-order chi connectivity index (χ1) is 8.84. The second-order valence-corrected chi connectivity index (χ2v) is 6.69. The summed E-state index contributed by atoms with van der Waals surface area (Å²) in [5.41, 5.74) is -0.638. The van der Waals surface area contributed by atoms with E-state index in [9.17, 15) is 4.79 Å². The zero-order valence-electron chi connectivity index (χ0n) is 12.0. The molecule has 5 heteroatoms. The lowest BCUT2D eigenvalue weighted by Gasteiger charge is -2.56. The first-order valence-corrected chi connectivity index (χ1v) is 7.09. The minimum Gasteiger partial charge on any atom is -0.432 e. The third kappa shape index (κ3) is 1.99. The van der Waals surface area contributed by atoms with Crippen molar-refractivity contribution in [3.8, 4) is 0 Å². The summed E-state index contributed by atoms with van der Waals surface area (Å²) in [5, 5.41) is 0. The van der Waals surface area contributed by atoms with E-state index in [4.69, 9.17) is 19.2 Å². The van der Waals surface area contributed by atoms with Gasteiger partial charge >= 0.3 is 5.97 Å². The van der Waals surface area contributed by atoms with Gasteiger partial charge < -0.3 is 9.47 Å². The van der Waals surface area contributed by atoms with E-state index < -0.39 is 17.7 Å². The van der Waals surface area contributed by atoms with Gasteiger partial charge in [-0.25, -0.2) is 9.78 Å². The quantitative estimate of drug-likeness (QED) is 0.500. The zero-order chi connectivity index (χ0) is 13.8. The molecule has 1 spiro atoms. The first-order valence-electron chi connectivity index (χ1n) is 7.09. The largest absolute Gasteiger partial charge is 0.432 e. The van der Waals surface area contributed by atoms with Crippen molar-refractivity contribution in [1.29, 1.82) is 0 Å². The van der Waals surface area contributed by atoms with Crippen LogP contribution in [0.15, 0.2) is 0 Å². The molecule has 1 saturated carbocycles. The van der Waals surface area contributed by atoms with Crippen LogP contribution in [0.25, 0.3) is 0 Å². The summed E-state index contributed by atoms with van der Waals surface area (Å²) < 4.78 is 11.3. The van der Waals surface area contributed by atoms with Crippen LogP contribution in [0.3, 0.4) is 0 Å². The molecule has 0 N–H and O–H groups in total. The van der Waals surface area contributed by atoms with Gasteiger partial charge in [0.15, 0.2) is 11.4 Å². The van der Waals surface area contributed by atoms with E-state index in [0.29, 0.717) is 5.92 Å². The highest BCUT2D eigenvalue weighted by Crippen LogP contribution is 2.52. The fraction of sp³-hybridized carbons (Fsp3) is 0.929. The topological polar surface area (TPSA) is 54.0 Å². The molecule has 5 atom stereocenters. The minimum absolute atomic E-state index is 0.103. The van der Waals surface area contributed by atoms with E-state index in [2.05, 4.69) is 6.92 Å². The highest BCUT2D eigenvalue weighted by atomic mass is 17.3. The highest BCUT2D eigenvalue weighted by molar-refractivity contribution is 5.74. The van der Waals surface area contributed by atoms with Gasteiger partial charge in [0, 0.05) is 5.92 Å².